The predicted molar refractivity (Wildman–Crippen MR) is 106 cm³/mol. The molecule has 146 valence electrons. The Hall–Kier alpha value is -2.50. The van der Waals surface area contributed by atoms with Crippen molar-refractivity contribution in [1.29, 1.82) is 0 Å². The van der Waals surface area contributed by atoms with Gasteiger partial charge in [0.05, 0.1) is 12.0 Å². The van der Waals surface area contributed by atoms with Crippen LogP contribution in [0.15, 0.2) is 24.5 Å². The largest absolute Gasteiger partial charge is 0.367 e. The first-order chi connectivity index (χ1) is 12.9. The maximum Gasteiger partial charge on any atom is 0.255 e. The van der Waals surface area contributed by atoms with Crippen LogP contribution in [0.3, 0.4) is 0 Å². The van der Waals surface area contributed by atoms with Gasteiger partial charge in [0.1, 0.15) is 0 Å². The molecule has 0 radical (unpaired) electrons. The molecule has 2 aromatic heterocycles. The number of hydrogen-bond acceptors (Lipinski definition) is 2. The van der Waals surface area contributed by atoms with Crippen molar-refractivity contribution in [1.82, 2.24) is 19.4 Å². The van der Waals surface area contributed by atoms with E-state index in [0.717, 1.165) is 28.9 Å². The van der Waals surface area contributed by atoms with Crippen molar-refractivity contribution < 1.29 is 9.59 Å². The number of aromatic nitrogens is 2. The van der Waals surface area contributed by atoms with E-state index in [1.807, 2.05) is 48.2 Å². The second-order valence-electron chi connectivity index (χ2n) is 7.67. The lowest BCUT2D eigenvalue weighted by molar-refractivity contribution is -0.130. The van der Waals surface area contributed by atoms with Crippen LogP contribution in [0.25, 0.3) is 0 Å². The first-order valence-electron chi connectivity index (χ1n) is 9.75. The zero-order chi connectivity index (χ0) is 19.6. The van der Waals surface area contributed by atoms with Crippen molar-refractivity contribution in [2.45, 2.75) is 46.6 Å². The number of H-pyrrole nitrogens is 1. The molecule has 1 aliphatic rings. The van der Waals surface area contributed by atoms with E-state index < -0.39 is 0 Å². The average Bonchev–Trinajstić information content (AvgIpc) is 3.13. The van der Waals surface area contributed by atoms with Gasteiger partial charge in [-0.15, -0.1) is 0 Å². The number of aryl methyl sites for hydroxylation is 1. The van der Waals surface area contributed by atoms with Crippen LogP contribution in [0.5, 0.6) is 0 Å². The van der Waals surface area contributed by atoms with Crippen LogP contribution in [0.1, 0.15) is 53.6 Å². The molecule has 1 aliphatic heterocycles. The lowest BCUT2D eigenvalue weighted by Gasteiger charge is -2.22. The van der Waals surface area contributed by atoms with E-state index in [9.17, 15) is 9.59 Å². The van der Waals surface area contributed by atoms with Gasteiger partial charge in [0.2, 0.25) is 5.91 Å². The molecule has 6 nitrogen and oxygen atoms in total. The van der Waals surface area contributed by atoms with Crippen LogP contribution >= 0.6 is 0 Å². The summed E-state index contributed by atoms with van der Waals surface area (Å²) >= 11 is 0. The van der Waals surface area contributed by atoms with Crippen LogP contribution < -0.4 is 0 Å². The number of carbonyl (C=O) groups excluding carboxylic acids is 2. The van der Waals surface area contributed by atoms with Crippen LogP contribution in [0.2, 0.25) is 0 Å². The molecule has 1 saturated heterocycles. The Labute approximate surface area is 161 Å². The van der Waals surface area contributed by atoms with E-state index in [0.29, 0.717) is 38.6 Å². The molecule has 2 aromatic rings. The van der Waals surface area contributed by atoms with Gasteiger partial charge in [-0.05, 0) is 51.8 Å². The molecule has 0 saturated carbocycles. The molecule has 27 heavy (non-hydrogen) atoms. The Morgan fingerprint density at radius 1 is 1.11 bits per heavy atom. The fraction of sp³-hybridized carbons (Fsp3) is 0.524. The van der Waals surface area contributed by atoms with Gasteiger partial charge in [-0.25, -0.2) is 0 Å². The fourth-order valence-electron chi connectivity index (χ4n) is 4.08. The monoisotopic (exact) mass is 370 g/mol. The normalized spacial score (nSPS) is 15.3. The van der Waals surface area contributed by atoms with Crippen LogP contribution in [0.4, 0.5) is 0 Å². The summed E-state index contributed by atoms with van der Waals surface area (Å²) in [5, 5.41) is 0. The van der Waals surface area contributed by atoms with E-state index >= 15 is 0 Å². The molecule has 0 aliphatic carbocycles. The molecule has 0 aromatic carbocycles. The van der Waals surface area contributed by atoms with Gasteiger partial charge in [-0.1, -0.05) is 0 Å². The van der Waals surface area contributed by atoms with Gasteiger partial charge in [-0.3, -0.25) is 9.59 Å². The molecule has 0 bridgehead atoms. The number of nitrogens with zero attached hydrogens (tertiary/aromatic N) is 3. The maximum atomic E-state index is 13.1. The predicted octanol–water partition coefficient (Wildman–Crippen LogP) is 2.93. The molecule has 3 rings (SSSR count). The summed E-state index contributed by atoms with van der Waals surface area (Å²) in [6, 6.07) is 4.25. The Morgan fingerprint density at radius 3 is 2.44 bits per heavy atom. The number of carbonyl (C=O) groups is 2. The van der Waals surface area contributed by atoms with Crippen molar-refractivity contribution in [2.24, 2.45) is 0 Å². The fourth-order valence-corrected chi connectivity index (χ4v) is 4.08. The molecular formula is C21H30N4O2. The van der Waals surface area contributed by atoms with E-state index in [4.69, 9.17) is 0 Å². The smallest absolute Gasteiger partial charge is 0.255 e. The minimum atomic E-state index is 0.0786. The summed E-state index contributed by atoms with van der Waals surface area (Å²) in [5.74, 6) is 0.205. The third kappa shape index (κ3) is 4.10. The third-order valence-corrected chi connectivity index (χ3v) is 5.38. The molecular weight excluding hydrogens is 340 g/mol. The molecule has 1 N–H and O–H groups in total. The van der Waals surface area contributed by atoms with Crippen molar-refractivity contribution in [3.63, 3.8) is 0 Å². The SMILES string of the molecule is Cc1cc(C(=O)N2CCCN(C(=O)Cc3cc[nH]c3)CC2)c(C)n1C(C)C. The molecule has 0 atom stereocenters. The van der Waals surface area contributed by atoms with Crippen LogP contribution in [-0.2, 0) is 11.2 Å². The van der Waals surface area contributed by atoms with E-state index in [2.05, 4.69) is 23.4 Å². The number of rotatable bonds is 4. The number of hydrogen-bond donors (Lipinski definition) is 1. The van der Waals surface area contributed by atoms with Crippen molar-refractivity contribution >= 4 is 11.8 Å². The van der Waals surface area contributed by atoms with Crippen molar-refractivity contribution in [2.75, 3.05) is 26.2 Å². The molecule has 0 unspecified atom stereocenters. The van der Waals surface area contributed by atoms with Gasteiger partial charge < -0.3 is 19.4 Å². The first kappa shape index (κ1) is 19.3. The Morgan fingerprint density at radius 2 is 1.81 bits per heavy atom. The lowest BCUT2D eigenvalue weighted by Crippen LogP contribution is -2.38. The molecule has 3 heterocycles. The molecule has 2 amide bonds. The summed E-state index contributed by atoms with van der Waals surface area (Å²) < 4.78 is 2.21. The molecule has 0 spiro atoms. The van der Waals surface area contributed by atoms with Gasteiger partial charge in [0.15, 0.2) is 0 Å². The highest BCUT2D eigenvalue weighted by Gasteiger charge is 2.25. The maximum absolute atomic E-state index is 13.1. The van der Waals surface area contributed by atoms with Gasteiger partial charge >= 0.3 is 0 Å². The topological polar surface area (TPSA) is 61.3 Å². The number of aromatic amines is 1. The average molecular weight is 370 g/mol. The lowest BCUT2D eigenvalue weighted by atomic mass is 10.2. The van der Waals surface area contributed by atoms with Crippen molar-refractivity contribution in [3.8, 4) is 0 Å². The van der Waals surface area contributed by atoms with Crippen LogP contribution in [0, 0.1) is 13.8 Å². The Kier molecular flexibility index (Phi) is 5.73. The second-order valence-corrected chi connectivity index (χ2v) is 7.67. The summed E-state index contributed by atoms with van der Waals surface area (Å²) in [6.45, 7) is 10.9. The standard InChI is InChI=1S/C21H30N4O2/c1-15(2)25-16(3)12-19(17(25)4)21(27)24-9-5-8-23(10-11-24)20(26)13-18-6-7-22-14-18/h6-7,12,14-15,22H,5,8-11,13H2,1-4H3. The zero-order valence-corrected chi connectivity index (χ0v) is 16.8. The number of nitrogens with one attached hydrogen (secondary N) is 1. The summed E-state index contributed by atoms with van der Waals surface area (Å²) in [7, 11) is 0. The second kappa shape index (κ2) is 8.03. The zero-order valence-electron chi connectivity index (χ0n) is 16.8. The highest BCUT2D eigenvalue weighted by Crippen LogP contribution is 2.22. The third-order valence-electron chi connectivity index (χ3n) is 5.38. The minimum absolute atomic E-state index is 0.0786. The van der Waals surface area contributed by atoms with Crippen molar-refractivity contribution in [3.05, 3.63) is 47.0 Å². The van der Waals surface area contributed by atoms with Crippen LogP contribution in [-0.4, -0.2) is 57.3 Å². The van der Waals surface area contributed by atoms with Gasteiger partial charge in [0, 0.05) is 56.0 Å². The van der Waals surface area contributed by atoms with Gasteiger partial charge in [-0.2, -0.15) is 0 Å². The Balaban J connectivity index is 1.66. The summed E-state index contributed by atoms with van der Waals surface area (Å²) in [6.07, 6.45) is 4.91. The molecule has 1 fully saturated rings. The van der Waals surface area contributed by atoms with E-state index in [1.165, 1.54) is 0 Å². The first-order valence-corrected chi connectivity index (χ1v) is 9.75. The number of amides is 2. The minimum Gasteiger partial charge on any atom is -0.367 e. The van der Waals surface area contributed by atoms with E-state index in [-0.39, 0.29) is 11.8 Å². The van der Waals surface area contributed by atoms with Gasteiger partial charge in [0.25, 0.3) is 5.91 Å². The summed E-state index contributed by atoms with van der Waals surface area (Å²) in [4.78, 5) is 32.4. The highest BCUT2D eigenvalue weighted by atomic mass is 16.2. The summed E-state index contributed by atoms with van der Waals surface area (Å²) in [5.41, 5.74) is 3.92. The molecule has 6 heteroatoms. The highest BCUT2D eigenvalue weighted by molar-refractivity contribution is 5.95. The quantitative estimate of drug-likeness (QED) is 0.899. The van der Waals surface area contributed by atoms with E-state index in [1.54, 1.807) is 0 Å². The Bertz CT molecular complexity index is 805.